The first-order chi connectivity index (χ1) is 7.76. The number of rotatable bonds is 3. The van der Waals surface area contributed by atoms with Gasteiger partial charge in [-0.05, 0) is 26.2 Å². The first kappa shape index (κ1) is 11.7. The molecule has 16 heavy (non-hydrogen) atoms. The van der Waals surface area contributed by atoms with E-state index in [2.05, 4.69) is 22.5 Å². The van der Waals surface area contributed by atoms with Crippen molar-refractivity contribution < 1.29 is 4.74 Å². The predicted molar refractivity (Wildman–Crippen MR) is 65.7 cm³/mol. The van der Waals surface area contributed by atoms with Gasteiger partial charge in [0.05, 0.1) is 6.10 Å². The number of nitrogens with zero attached hydrogens (tertiary/aromatic N) is 1. The first-order valence-corrected chi connectivity index (χ1v) is 6.29. The van der Waals surface area contributed by atoms with E-state index in [1.54, 1.807) is 0 Å². The molecule has 0 aliphatic heterocycles. The molecule has 2 fully saturated rings. The highest BCUT2D eigenvalue weighted by molar-refractivity contribution is 5.79. The molecule has 2 aliphatic rings. The SMILES string of the molecule is CCOC1CC(NC(=NC)NC)C12CCC2. The Balaban J connectivity index is 1.93. The van der Waals surface area contributed by atoms with E-state index in [-0.39, 0.29) is 0 Å². The van der Waals surface area contributed by atoms with Crippen molar-refractivity contribution in [2.24, 2.45) is 10.4 Å². The van der Waals surface area contributed by atoms with Crippen molar-refractivity contribution in [1.82, 2.24) is 10.6 Å². The Kier molecular flexibility index (Phi) is 3.38. The Morgan fingerprint density at radius 3 is 2.69 bits per heavy atom. The van der Waals surface area contributed by atoms with Crippen molar-refractivity contribution in [3.8, 4) is 0 Å². The molecule has 0 aromatic heterocycles. The Bertz CT molecular complexity index is 273. The summed E-state index contributed by atoms with van der Waals surface area (Å²) < 4.78 is 5.81. The number of nitrogens with one attached hydrogen (secondary N) is 2. The van der Waals surface area contributed by atoms with E-state index in [0.29, 0.717) is 17.6 Å². The summed E-state index contributed by atoms with van der Waals surface area (Å²) in [5.41, 5.74) is 0.406. The molecule has 0 saturated heterocycles. The van der Waals surface area contributed by atoms with Gasteiger partial charge in [-0.2, -0.15) is 0 Å². The minimum absolute atomic E-state index is 0.406. The predicted octanol–water partition coefficient (Wildman–Crippen LogP) is 1.13. The summed E-state index contributed by atoms with van der Waals surface area (Å²) in [6.07, 6.45) is 5.54. The zero-order valence-electron chi connectivity index (χ0n) is 10.5. The smallest absolute Gasteiger partial charge is 0.190 e. The van der Waals surface area contributed by atoms with Gasteiger partial charge in [-0.25, -0.2) is 0 Å². The van der Waals surface area contributed by atoms with Gasteiger partial charge in [0, 0.05) is 32.2 Å². The number of aliphatic imine (C=N–C) groups is 1. The van der Waals surface area contributed by atoms with Crippen LogP contribution in [0.5, 0.6) is 0 Å². The standard InChI is InChI=1S/C12H23N3O/c1-4-16-10-8-9(12(10)6-5-7-12)15-11(13-2)14-3/h9-10H,4-8H2,1-3H3,(H2,13,14,15). The van der Waals surface area contributed by atoms with Crippen molar-refractivity contribution >= 4 is 5.96 Å². The number of hydrogen-bond donors (Lipinski definition) is 2. The third kappa shape index (κ3) is 1.69. The lowest BCUT2D eigenvalue weighted by molar-refractivity contribution is -0.168. The molecule has 0 aromatic carbocycles. The van der Waals surface area contributed by atoms with Crippen LogP contribution in [0, 0.1) is 5.41 Å². The second kappa shape index (κ2) is 4.62. The highest BCUT2D eigenvalue weighted by Gasteiger charge is 2.59. The average molecular weight is 225 g/mol. The van der Waals surface area contributed by atoms with Gasteiger partial charge in [-0.15, -0.1) is 0 Å². The van der Waals surface area contributed by atoms with Gasteiger partial charge in [0.1, 0.15) is 0 Å². The molecule has 92 valence electrons. The van der Waals surface area contributed by atoms with E-state index in [0.717, 1.165) is 19.0 Å². The summed E-state index contributed by atoms with van der Waals surface area (Å²) in [7, 11) is 3.71. The fraction of sp³-hybridized carbons (Fsp3) is 0.917. The first-order valence-electron chi connectivity index (χ1n) is 6.29. The Hall–Kier alpha value is -0.770. The Morgan fingerprint density at radius 1 is 1.50 bits per heavy atom. The zero-order chi connectivity index (χ0) is 11.6. The zero-order valence-corrected chi connectivity index (χ0v) is 10.5. The molecule has 0 bridgehead atoms. The van der Waals surface area contributed by atoms with Crippen LogP contribution in [-0.4, -0.2) is 38.8 Å². The van der Waals surface area contributed by atoms with E-state index in [1.807, 2.05) is 14.1 Å². The van der Waals surface area contributed by atoms with Crippen LogP contribution in [0.25, 0.3) is 0 Å². The highest BCUT2D eigenvalue weighted by atomic mass is 16.5. The second-order valence-electron chi connectivity index (χ2n) is 4.79. The molecule has 2 saturated carbocycles. The van der Waals surface area contributed by atoms with Gasteiger partial charge in [-0.1, -0.05) is 6.42 Å². The maximum Gasteiger partial charge on any atom is 0.190 e. The molecule has 2 atom stereocenters. The van der Waals surface area contributed by atoms with Crippen LogP contribution in [0.3, 0.4) is 0 Å². The van der Waals surface area contributed by atoms with Gasteiger partial charge in [0.2, 0.25) is 0 Å². The molecule has 1 spiro atoms. The third-order valence-corrected chi connectivity index (χ3v) is 4.21. The fourth-order valence-corrected chi connectivity index (χ4v) is 3.05. The monoisotopic (exact) mass is 225 g/mol. The van der Waals surface area contributed by atoms with Gasteiger partial charge >= 0.3 is 0 Å². The lowest BCUT2D eigenvalue weighted by atomic mass is 9.51. The van der Waals surface area contributed by atoms with Crippen LogP contribution in [0.2, 0.25) is 0 Å². The molecule has 0 heterocycles. The van der Waals surface area contributed by atoms with Gasteiger partial charge in [-0.3, -0.25) is 4.99 Å². The van der Waals surface area contributed by atoms with Crippen LogP contribution in [0.1, 0.15) is 32.6 Å². The second-order valence-corrected chi connectivity index (χ2v) is 4.79. The van der Waals surface area contributed by atoms with Crippen molar-refractivity contribution in [2.75, 3.05) is 20.7 Å². The Morgan fingerprint density at radius 2 is 2.25 bits per heavy atom. The third-order valence-electron chi connectivity index (χ3n) is 4.21. The molecule has 0 radical (unpaired) electrons. The quantitative estimate of drug-likeness (QED) is 0.559. The molecule has 2 unspecified atom stereocenters. The molecule has 2 N–H and O–H groups in total. The van der Waals surface area contributed by atoms with Crippen LogP contribution in [0.15, 0.2) is 4.99 Å². The topological polar surface area (TPSA) is 45.6 Å². The normalized spacial score (nSPS) is 31.8. The van der Waals surface area contributed by atoms with Crippen molar-refractivity contribution in [2.45, 2.75) is 44.8 Å². The fourth-order valence-electron chi connectivity index (χ4n) is 3.05. The summed E-state index contributed by atoms with van der Waals surface area (Å²) in [6, 6.07) is 0.545. The molecule has 4 heteroatoms. The number of guanidine groups is 1. The minimum atomic E-state index is 0.406. The minimum Gasteiger partial charge on any atom is -0.378 e. The van der Waals surface area contributed by atoms with Crippen LogP contribution in [0.4, 0.5) is 0 Å². The average Bonchev–Trinajstić information content (AvgIpc) is 2.20. The maximum absolute atomic E-state index is 5.81. The van der Waals surface area contributed by atoms with E-state index in [9.17, 15) is 0 Å². The maximum atomic E-state index is 5.81. The van der Waals surface area contributed by atoms with Gasteiger partial charge < -0.3 is 15.4 Å². The largest absolute Gasteiger partial charge is 0.378 e. The summed E-state index contributed by atoms with van der Waals surface area (Å²) >= 11 is 0. The highest BCUT2D eigenvalue weighted by Crippen LogP contribution is 2.57. The van der Waals surface area contributed by atoms with Gasteiger partial charge in [0.15, 0.2) is 5.96 Å². The summed E-state index contributed by atoms with van der Waals surface area (Å²) in [6.45, 7) is 2.92. The lowest BCUT2D eigenvalue weighted by Gasteiger charge is -2.61. The molecule has 0 amide bonds. The van der Waals surface area contributed by atoms with Crippen LogP contribution >= 0.6 is 0 Å². The van der Waals surface area contributed by atoms with Crippen LogP contribution < -0.4 is 10.6 Å². The lowest BCUT2D eigenvalue weighted by Crippen LogP contribution is -2.68. The van der Waals surface area contributed by atoms with E-state index < -0.39 is 0 Å². The Labute approximate surface area is 97.9 Å². The van der Waals surface area contributed by atoms with Crippen molar-refractivity contribution in [1.29, 1.82) is 0 Å². The molecule has 2 aliphatic carbocycles. The number of hydrogen-bond acceptors (Lipinski definition) is 2. The molecule has 0 aromatic rings. The van der Waals surface area contributed by atoms with E-state index in [1.165, 1.54) is 19.3 Å². The summed E-state index contributed by atoms with van der Waals surface area (Å²) in [5.74, 6) is 0.895. The van der Waals surface area contributed by atoms with Crippen LogP contribution in [-0.2, 0) is 4.74 Å². The summed E-state index contributed by atoms with van der Waals surface area (Å²) in [4.78, 5) is 4.18. The van der Waals surface area contributed by atoms with Crippen molar-refractivity contribution in [3.05, 3.63) is 0 Å². The molecule has 2 rings (SSSR count). The number of ether oxygens (including phenoxy) is 1. The van der Waals surface area contributed by atoms with Gasteiger partial charge in [0.25, 0.3) is 0 Å². The molecular weight excluding hydrogens is 202 g/mol. The molecular formula is C12H23N3O. The van der Waals surface area contributed by atoms with E-state index in [4.69, 9.17) is 4.74 Å². The van der Waals surface area contributed by atoms with Crippen molar-refractivity contribution in [3.63, 3.8) is 0 Å². The summed E-state index contributed by atoms with van der Waals surface area (Å²) in [5, 5.41) is 6.57. The van der Waals surface area contributed by atoms with E-state index >= 15 is 0 Å². The molecule has 4 nitrogen and oxygen atoms in total.